The standard InChI is InChI=1S/C18H30N2O/c1-18(2,3)14-9-10-17(21-5)16(12-14)19-13-15-8-6-7-11-20(15)4/h9-10,12,15,19H,6-8,11,13H2,1-5H3. The number of hydrogen-bond acceptors (Lipinski definition) is 3. The van der Waals surface area contributed by atoms with Crippen LogP contribution in [0.4, 0.5) is 5.69 Å². The van der Waals surface area contributed by atoms with E-state index >= 15 is 0 Å². The second kappa shape index (κ2) is 6.69. The first-order valence-electron chi connectivity index (χ1n) is 8.04. The Labute approximate surface area is 129 Å². The van der Waals surface area contributed by atoms with Gasteiger partial charge in [0.2, 0.25) is 0 Å². The van der Waals surface area contributed by atoms with E-state index in [9.17, 15) is 0 Å². The van der Waals surface area contributed by atoms with Gasteiger partial charge in [0.25, 0.3) is 0 Å². The van der Waals surface area contributed by atoms with Gasteiger partial charge in [-0.3, -0.25) is 0 Å². The first-order chi connectivity index (χ1) is 9.91. The highest BCUT2D eigenvalue weighted by molar-refractivity contribution is 5.59. The zero-order valence-corrected chi connectivity index (χ0v) is 14.2. The van der Waals surface area contributed by atoms with E-state index < -0.39 is 0 Å². The van der Waals surface area contributed by atoms with Gasteiger partial charge in [-0.15, -0.1) is 0 Å². The molecule has 1 unspecified atom stereocenters. The molecule has 3 heteroatoms. The normalized spacial score (nSPS) is 20.3. The molecule has 0 aromatic heterocycles. The van der Waals surface area contributed by atoms with Crippen LogP contribution in [0.25, 0.3) is 0 Å². The maximum atomic E-state index is 5.50. The van der Waals surface area contributed by atoms with Gasteiger partial charge >= 0.3 is 0 Å². The Morgan fingerprint density at radius 3 is 2.67 bits per heavy atom. The van der Waals surface area contributed by atoms with Crippen LogP contribution in [0.5, 0.6) is 5.75 Å². The smallest absolute Gasteiger partial charge is 0.141 e. The van der Waals surface area contributed by atoms with E-state index in [-0.39, 0.29) is 5.41 Å². The summed E-state index contributed by atoms with van der Waals surface area (Å²) in [7, 11) is 3.97. The van der Waals surface area contributed by atoms with Gasteiger partial charge in [-0.05, 0) is 49.5 Å². The number of likely N-dealkylation sites (tertiary alicyclic amines) is 1. The molecule has 0 amide bonds. The second-order valence-corrected chi connectivity index (χ2v) is 7.18. The zero-order valence-electron chi connectivity index (χ0n) is 14.2. The molecular weight excluding hydrogens is 260 g/mol. The number of piperidine rings is 1. The fourth-order valence-electron chi connectivity index (χ4n) is 2.94. The Balaban J connectivity index is 2.10. The van der Waals surface area contributed by atoms with Gasteiger partial charge in [-0.2, -0.15) is 0 Å². The van der Waals surface area contributed by atoms with Crippen LogP contribution < -0.4 is 10.1 Å². The van der Waals surface area contributed by atoms with E-state index in [2.05, 4.69) is 56.2 Å². The van der Waals surface area contributed by atoms with E-state index in [0.717, 1.165) is 18.0 Å². The molecule has 0 spiro atoms. The average Bonchev–Trinajstić information content (AvgIpc) is 2.45. The van der Waals surface area contributed by atoms with Gasteiger partial charge in [0.1, 0.15) is 5.75 Å². The molecule has 1 saturated heterocycles. The number of nitrogens with one attached hydrogen (secondary N) is 1. The summed E-state index contributed by atoms with van der Waals surface area (Å²) in [5.74, 6) is 0.932. The monoisotopic (exact) mass is 290 g/mol. The van der Waals surface area contributed by atoms with Crippen molar-refractivity contribution in [1.82, 2.24) is 4.90 Å². The fourth-order valence-corrected chi connectivity index (χ4v) is 2.94. The maximum absolute atomic E-state index is 5.50. The third-order valence-electron chi connectivity index (χ3n) is 4.52. The summed E-state index contributed by atoms with van der Waals surface area (Å²) in [6, 6.07) is 7.10. The molecule has 1 aliphatic heterocycles. The Morgan fingerprint density at radius 2 is 2.05 bits per heavy atom. The van der Waals surface area contributed by atoms with Crippen molar-refractivity contribution in [2.45, 2.75) is 51.5 Å². The maximum Gasteiger partial charge on any atom is 0.141 e. The van der Waals surface area contributed by atoms with Crippen molar-refractivity contribution in [1.29, 1.82) is 0 Å². The average molecular weight is 290 g/mol. The van der Waals surface area contributed by atoms with Gasteiger partial charge in [0.15, 0.2) is 0 Å². The van der Waals surface area contributed by atoms with Crippen molar-refractivity contribution in [3.05, 3.63) is 23.8 Å². The van der Waals surface area contributed by atoms with Gasteiger partial charge in [-0.1, -0.05) is 33.3 Å². The molecule has 0 aliphatic carbocycles. The highest BCUT2D eigenvalue weighted by atomic mass is 16.5. The highest BCUT2D eigenvalue weighted by Crippen LogP contribution is 2.31. The minimum Gasteiger partial charge on any atom is -0.495 e. The summed E-state index contributed by atoms with van der Waals surface area (Å²) in [6.45, 7) is 8.93. The Kier molecular flexibility index (Phi) is 5.15. The molecule has 0 radical (unpaired) electrons. The first-order valence-corrected chi connectivity index (χ1v) is 8.04. The summed E-state index contributed by atoms with van der Waals surface area (Å²) in [5, 5.41) is 3.61. The van der Waals surface area contributed by atoms with Gasteiger partial charge in [0.05, 0.1) is 12.8 Å². The minimum atomic E-state index is 0.157. The van der Waals surface area contributed by atoms with Crippen LogP contribution in [0, 0.1) is 0 Å². The lowest BCUT2D eigenvalue weighted by atomic mass is 9.87. The Bertz CT molecular complexity index is 465. The van der Waals surface area contributed by atoms with E-state index in [1.54, 1.807) is 7.11 Å². The molecule has 1 atom stereocenters. The summed E-state index contributed by atoms with van der Waals surface area (Å²) >= 11 is 0. The number of methoxy groups -OCH3 is 1. The predicted octanol–water partition coefficient (Wildman–Crippen LogP) is 3.89. The third kappa shape index (κ3) is 4.13. The van der Waals surface area contributed by atoms with Crippen molar-refractivity contribution < 1.29 is 4.74 Å². The molecule has 1 heterocycles. The van der Waals surface area contributed by atoms with Crippen LogP contribution in [0.15, 0.2) is 18.2 Å². The lowest BCUT2D eigenvalue weighted by Gasteiger charge is -2.33. The van der Waals surface area contributed by atoms with E-state index in [4.69, 9.17) is 4.74 Å². The molecule has 0 saturated carbocycles. The first kappa shape index (κ1) is 16.2. The van der Waals surface area contributed by atoms with Crippen molar-refractivity contribution >= 4 is 5.69 Å². The van der Waals surface area contributed by atoms with Gasteiger partial charge in [0, 0.05) is 12.6 Å². The Hall–Kier alpha value is -1.22. The van der Waals surface area contributed by atoms with Gasteiger partial charge in [-0.25, -0.2) is 0 Å². The highest BCUT2D eigenvalue weighted by Gasteiger charge is 2.20. The molecule has 1 fully saturated rings. The SMILES string of the molecule is COc1ccc(C(C)(C)C)cc1NCC1CCCCN1C. The molecule has 1 aromatic rings. The van der Waals surface area contributed by atoms with Crippen LogP contribution >= 0.6 is 0 Å². The topological polar surface area (TPSA) is 24.5 Å². The molecule has 21 heavy (non-hydrogen) atoms. The summed E-state index contributed by atoms with van der Waals surface area (Å²) < 4.78 is 5.50. The lowest BCUT2D eigenvalue weighted by molar-refractivity contribution is 0.194. The largest absolute Gasteiger partial charge is 0.495 e. The summed E-state index contributed by atoms with van der Waals surface area (Å²) in [5.41, 5.74) is 2.61. The van der Waals surface area contributed by atoms with Crippen LogP contribution in [0.1, 0.15) is 45.6 Å². The number of rotatable bonds is 4. The summed E-state index contributed by atoms with van der Waals surface area (Å²) in [6.07, 6.45) is 3.95. The van der Waals surface area contributed by atoms with E-state index in [1.807, 2.05) is 0 Å². The second-order valence-electron chi connectivity index (χ2n) is 7.18. The molecule has 1 N–H and O–H groups in total. The number of nitrogens with zero attached hydrogens (tertiary/aromatic N) is 1. The van der Waals surface area contributed by atoms with Crippen LogP contribution in [0.3, 0.4) is 0 Å². The molecule has 2 rings (SSSR count). The number of anilines is 1. The summed E-state index contributed by atoms with van der Waals surface area (Å²) in [4.78, 5) is 2.47. The quantitative estimate of drug-likeness (QED) is 0.910. The van der Waals surface area contributed by atoms with Crippen molar-refractivity contribution in [2.24, 2.45) is 0 Å². The predicted molar refractivity (Wildman–Crippen MR) is 90.5 cm³/mol. The molecule has 0 bridgehead atoms. The van der Waals surface area contributed by atoms with Gasteiger partial charge < -0.3 is 15.0 Å². The molecule has 118 valence electrons. The van der Waals surface area contributed by atoms with Crippen LogP contribution in [0.2, 0.25) is 0 Å². The molecule has 1 aromatic carbocycles. The van der Waals surface area contributed by atoms with Crippen molar-refractivity contribution in [3.63, 3.8) is 0 Å². The van der Waals surface area contributed by atoms with Crippen molar-refractivity contribution in [3.8, 4) is 5.75 Å². The minimum absolute atomic E-state index is 0.157. The zero-order chi connectivity index (χ0) is 15.5. The fraction of sp³-hybridized carbons (Fsp3) is 0.667. The van der Waals surface area contributed by atoms with E-state index in [1.165, 1.54) is 31.4 Å². The van der Waals surface area contributed by atoms with Crippen molar-refractivity contribution in [2.75, 3.05) is 32.6 Å². The lowest BCUT2D eigenvalue weighted by Crippen LogP contribution is -2.40. The number of benzene rings is 1. The number of likely N-dealkylation sites (N-methyl/N-ethyl adjacent to an activating group) is 1. The molecular formula is C18H30N2O. The van der Waals surface area contributed by atoms with E-state index in [0.29, 0.717) is 6.04 Å². The number of ether oxygens (including phenoxy) is 1. The molecule has 3 nitrogen and oxygen atoms in total. The third-order valence-corrected chi connectivity index (χ3v) is 4.52. The Morgan fingerprint density at radius 1 is 1.29 bits per heavy atom. The number of hydrogen-bond donors (Lipinski definition) is 1. The van der Waals surface area contributed by atoms with Crippen LogP contribution in [-0.4, -0.2) is 38.2 Å². The molecule has 1 aliphatic rings. The van der Waals surface area contributed by atoms with Crippen LogP contribution in [-0.2, 0) is 5.41 Å².